The van der Waals surface area contributed by atoms with Crippen molar-refractivity contribution in [3.05, 3.63) is 40.7 Å². The number of nitrogen functional groups attached to an aromatic ring is 1. The van der Waals surface area contributed by atoms with Gasteiger partial charge >= 0.3 is 0 Å². The summed E-state index contributed by atoms with van der Waals surface area (Å²) in [6.07, 6.45) is 0. The first-order valence-corrected chi connectivity index (χ1v) is 6.53. The molecular weight excluding hydrogens is 256 g/mol. The number of rotatable bonds is 2. The van der Waals surface area contributed by atoms with E-state index in [1.807, 2.05) is 35.2 Å². The molecule has 0 spiro atoms. The third kappa shape index (κ3) is 2.37. The topological polar surface area (TPSA) is 84.2 Å². The molecule has 2 aromatic rings. The second-order valence-electron chi connectivity index (χ2n) is 4.62. The first-order chi connectivity index (χ1) is 9.75. The molecule has 0 radical (unpaired) electrons. The fourth-order valence-electron chi connectivity index (χ4n) is 2.29. The summed E-state index contributed by atoms with van der Waals surface area (Å²) in [6.45, 7) is 2.66. The van der Waals surface area contributed by atoms with E-state index in [0.717, 1.165) is 5.56 Å². The maximum Gasteiger partial charge on any atom is 0.262 e. The molecule has 1 aromatic carbocycles. The zero-order chi connectivity index (χ0) is 13.9. The lowest BCUT2D eigenvalue weighted by molar-refractivity contribution is 0.122. The number of nitrogens with one attached hydrogen (secondary N) is 1. The van der Waals surface area contributed by atoms with Crippen LogP contribution in [0.15, 0.2) is 35.1 Å². The minimum Gasteiger partial charge on any atom is -0.383 e. The summed E-state index contributed by atoms with van der Waals surface area (Å²) in [5.74, 6) is 0.761. The fourth-order valence-corrected chi connectivity index (χ4v) is 2.29. The minimum atomic E-state index is -0.217. The summed E-state index contributed by atoms with van der Waals surface area (Å²) >= 11 is 0. The van der Waals surface area contributed by atoms with Gasteiger partial charge in [-0.25, -0.2) is 0 Å². The molecule has 1 aliphatic rings. The van der Waals surface area contributed by atoms with Crippen molar-refractivity contribution in [1.82, 2.24) is 9.97 Å². The van der Waals surface area contributed by atoms with Gasteiger partial charge in [0.1, 0.15) is 5.82 Å². The van der Waals surface area contributed by atoms with Crippen LogP contribution in [0.1, 0.15) is 0 Å². The molecule has 2 heterocycles. The van der Waals surface area contributed by atoms with Crippen molar-refractivity contribution in [1.29, 1.82) is 0 Å². The van der Waals surface area contributed by atoms with Crippen LogP contribution in [0.4, 0.5) is 11.8 Å². The van der Waals surface area contributed by atoms with Gasteiger partial charge in [-0.3, -0.25) is 9.78 Å². The van der Waals surface area contributed by atoms with Crippen molar-refractivity contribution in [2.45, 2.75) is 0 Å². The first-order valence-electron chi connectivity index (χ1n) is 6.53. The molecule has 3 N–H and O–H groups in total. The number of aromatic nitrogens is 2. The minimum absolute atomic E-state index is 0.217. The third-order valence-electron chi connectivity index (χ3n) is 3.31. The molecule has 0 atom stereocenters. The second-order valence-corrected chi connectivity index (χ2v) is 4.62. The highest BCUT2D eigenvalue weighted by Crippen LogP contribution is 2.21. The van der Waals surface area contributed by atoms with E-state index in [0.29, 0.717) is 37.8 Å². The molecule has 1 saturated heterocycles. The van der Waals surface area contributed by atoms with E-state index < -0.39 is 0 Å². The van der Waals surface area contributed by atoms with E-state index in [-0.39, 0.29) is 11.4 Å². The van der Waals surface area contributed by atoms with Gasteiger partial charge in [0.2, 0.25) is 5.95 Å². The lowest BCUT2D eigenvalue weighted by atomic mass is 10.1. The highest BCUT2D eigenvalue weighted by Gasteiger charge is 2.17. The Labute approximate surface area is 116 Å². The highest BCUT2D eigenvalue weighted by molar-refractivity contribution is 5.73. The highest BCUT2D eigenvalue weighted by atomic mass is 16.5. The van der Waals surface area contributed by atoms with Crippen molar-refractivity contribution < 1.29 is 4.74 Å². The molecule has 6 nitrogen and oxygen atoms in total. The fraction of sp³-hybridized carbons (Fsp3) is 0.286. The predicted molar refractivity (Wildman–Crippen MR) is 77.7 cm³/mol. The average Bonchev–Trinajstić information content (AvgIpc) is 2.48. The number of anilines is 2. The van der Waals surface area contributed by atoms with E-state index in [2.05, 4.69) is 9.97 Å². The van der Waals surface area contributed by atoms with E-state index >= 15 is 0 Å². The molecule has 1 aliphatic heterocycles. The number of hydrogen-bond donors (Lipinski definition) is 2. The van der Waals surface area contributed by atoms with Crippen LogP contribution in [0.25, 0.3) is 11.1 Å². The van der Waals surface area contributed by atoms with Gasteiger partial charge in [-0.1, -0.05) is 30.3 Å². The summed E-state index contributed by atoms with van der Waals surface area (Å²) in [5, 5.41) is 0. The Hall–Kier alpha value is -2.34. The normalized spacial score (nSPS) is 15.3. The molecule has 104 valence electrons. The van der Waals surface area contributed by atoms with Crippen molar-refractivity contribution in [2.24, 2.45) is 0 Å². The van der Waals surface area contributed by atoms with Gasteiger partial charge in [0.05, 0.1) is 18.8 Å². The van der Waals surface area contributed by atoms with Crippen molar-refractivity contribution in [3.8, 4) is 11.1 Å². The summed E-state index contributed by atoms with van der Waals surface area (Å²) in [4.78, 5) is 21.4. The van der Waals surface area contributed by atoms with Crippen molar-refractivity contribution in [3.63, 3.8) is 0 Å². The number of aromatic amines is 1. The Kier molecular flexibility index (Phi) is 3.39. The molecule has 20 heavy (non-hydrogen) atoms. The van der Waals surface area contributed by atoms with Crippen LogP contribution in [0, 0.1) is 0 Å². The standard InChI is InChI=1S/C14H16N4O2/c15-12-11(10-4-2-1-3-5-10)13(19)17-14(16-12)18-6-8-20-9-7-18/h1-5H,6-9H2,(H3,15,16,17,19). The Morgan fingerprint density at radius 1 is 1.20 bits per heavy atom. The van der Waals surface area contributed by atoms with E-state index in [9.17, 15) is 4.79 Å². The van der Waals surface area contributed by atoms with Crippen molar-refractivity contribution in [2.75, 3.05) is 36.9 Å². The maximum absolute atomic E-state index is 12.3. The van der Waals surface area contributed by atoms with Gasteiger partial charge in [-0.15, -0.1) is 0 Å². The van der Waals surface area contributed by atoms with Crippen LogP contribution in [-0.2, 0) is 4.74 Å². The Morgan fingerprint density at radius 3 is 2.55 bits per heavy atom. The summed E-state index contributed by atoms with van der Waals surface area (Å²) in [5.41, 5.74) is 6.94. The van der Waals surface area contributed by atoms with E-state index in [1.165, 1.54) is 0 Å². The van der Waals surface area contributed by atoms with Crippen LogP contribution in [0.5, 0.6) is 0 Å². The molecule has 0 aliphatic carbocycles. The molecular formula is C14H16N4O2. The summed E-state index contributed by atoms with van der Waals surface area (Å²) in [7, 11) is 0. The number of benzene rings is 1. The molecule has 3 rings (SSSR count). The van der Waals surface area contributed by atoms with Gasteiger partial charge in [0, 0.05) is 13.1 Å². The zero-order valence-electron chi connectivity index (χ0n) is 11.0. The molecule has 0 saturated carbocycles. The molecule has 1 fully saturated rings. The Balaban J connectivity index is 2.01. The first kappa shape index (κ1) is 12.7. The summed E-state index contributed by atoms with van der Waals surface area (Å²) in [6, 6.07) is 9.31. The van der Waals surface area contributed by atoms with E-state index in [4.69, 9.17) is 10.5 Å². The van der Waals surface area contributed by atoms with Gasteiger partial charge < -0.3 is 15.4 Å². The van der Waals surface area contributed by atoms with E-state index in [1.54, 1.807) is 0 Å². The number of H-pyrrole nitrogens is 1. The maximum atomic E-state index is 12.3. The van der Waals surface area contributed by atoms with Crippen LogP contribution in [0.3, 0.4) is 0 Å². The molecule has 0 unspecified atom stereocenters. The van der Waals surface area contributed by atoms with Crippen LogP contribution in [0.2, 0.25) is 0 Å². The molecule has 1 aromatic heterocycles. The third-order valence-corrected chi connectivity index (χ3v) is 3.31. The average molecular weight is 272 g/mol. The molecule has 0 bridgehead atoms. The lowest BCUT2D eigenvalue weighted by Crippen LogP contribution is -2.38. The quantitative estimate of drug-likeness (QED) is 0.847. The van der Waals surface area contributed by atoms with Gasteiger partial charge in [0.25, 0.3) is 5.56 Å². The monoisotopic (exact) mass is 272 g/mol. The smallest absolute Gasteiger partial charge is 0.262 e. The number of morpholine rings is 1. The molecule has 6 heteroatoms. The van der Waals surface area contributed by atoms with Gasteiger partial charge in [-0.2, -0.15) is 4.98 Å². The summed E-state index contributed by atoms with van der Waals surface area (Å²) < 4.78 is 5.28. The van der Waals surface area contributed by atoms with Crippen LogP contribution in [-0.4, -0.2) is 36.3 Å². The second kappa shape index (κ2) is 5.34. The Morgan fingerprint density at radius 2 is 1.90 bits per heavy atom. The number of nitrogens with two attached hydrogens (primary N) is 1. The zero-order valence-corrected chi connectivity index (χ0v) is 11.0. The van der Waals surface area contributed by atoms with Crippen LogP contribution >= 0.6 is 0 Å². The van der Waals surface area contributed by atoms with Gasteiger partial charge in [-0.05, 0) is 5.56 Å². The lowest BCUT2D eigenvalue weighted by Gasteiger charge is -2.27. The SMILES string of the molecule is Nc1nc(N2CCOCC2)[nH]c(=O)c1-c1ccccc1. The van der Waals surface area contributed by atoms with Crippen LogP contribution < -0.4 is 16.2 Å². The number of ether oxygens (including phenoxy) is 1. The number of nitrogens with zero attached hydrogens (tertiary/aromatic N) is 2. The van der Waals surface area contributed by atoms with Gasteiger partial charge in [0.15, 0.2) is 0 Å². The number of hydrogen-bond acceptors (Lipinski definition) is 5. The predicted octanol–water partition coefficient (Wildman–Crippen LogP) is 0.856. The molecule has 0 amide bonds. The Bertz CT molecular complexity index is 648. The largest absolute Gasteiger partial charge is 0.383 e. The van der Waals surface area contributed by atoms with Crippen molar-refractivity contribution >= 4 is 11.8 Å².